The average molecular weight is 374 g/mol. The summed E-state index contributed by atoms with van der Waals surface area (Å²) < 4.78 is 14.9. The molecule has 0 aliphatic heterocycles. The Balaban J connectivity index is 1.69. The Bertz CT molecular complexity index is 734. The first kappa shape index (κ1) is 18.3. The molecule has 0 heterocycles. The second-order valence-corrected chi connectivity index (χ2v) is 8.21. The van der Waals surface area contributed by atoms with Gasteiger partial charge in [0, 0.05) is 11.5 Å². The van der Waals surface area contributed by atoms with E-state index >= 15 is 0 Å². The van der Waals surface area contributed by atoms with Crippen LogP contribution in [0.15, 0.2) is 23.8 Å². The zero-order valence-electron chi connectivity index (χ0n) is 16.0. The Hall–Kier alpha value is -2.11. The number of fused-ring (bicyclic) bond motifs is 1. The molecule has 4 rings (SSSR count). The summed E-state index contributed by atoms with van der Waals surface area (Å²) in [6.07, 6.45) is 9.89. The molecule has 0 N–H and O–H groups in total. The lowest BCUT2D eigenvalue weighted by atomic mass is 9.73. The predicted octanol–water partition coefficient (Wildman–Crippen LogP) is 2.43. The fourth-order valence-electron chi connectivity index (χ4n) is 6.69. The minimum Gasteiger partial charge on any atom is -0.468 e. The van der Waals surface area contributed by atoms with Crippen LogP contribution in [0.1, 0.15) is 32.1 Å². The van der Waals surface area contributed by atoms with Crippen LogP contribution < -0.4 is 0 Å². The number of methoxy groups -OCH3 is 3. The highest BCUT2D eigenvalue weighted by Gasteiger charge is 2.84. The molecule has 0 aromatic heterocycles. The molecule has 0 radical (unpaired) electrons. The molecule has 4 aliphatic rings. The van der Waals surface area contributed by atoms with Gasteiger partial charge in [0.1, 0.15) is 0 Å². The van der Waals surface area contributed by atoms with Gasteiger partial charge in [0.25, 0.3) is 0 Å². The smallest absolute Gasteiger partial charge is 0.330 e. The normalized spacial score (nSPS) is 37.7. The molecule has 27 heavy (non-hydrogen) atoms. The number of hydrogen-bond donors (Lipinski definition) is 0. The minimum absolute atomic E-state index is 0.0193. The van der Waals surface area contributed by atoms with Crippen LogP contribution in [0.3, 0.4) is 0 Å². The summed E-state index contributed by atoms with van der Waals surface area (Å²) in [5.74, 6) is -0.316. The van der Waals surface area contributed by atoms with E-state index < -0.39 is 17.4 Å². The van der Waals surface area contributed by atoms with Crippen LogP contribution in [0.25, 0.3) is 0 Å². The van der Waals surface area contributed by atoms with Crippen LogP contribution in [-0.2, 0) is 28.6 Å². The molecule has 0 aromatic rings. The number of ether oxygens (including phenoxy) is 3. The van der Waals surface area contributed by atoms with E-state index in [2.05, 4.69) is 6.08 Å². The zero-order chi connectivity index (χ0) is 19.4. The van der Waals surface area contributed by atoms with Crippen molar-refractivity contribution in [3.63, 3.8) is 0 Å². The predicted molar refractivity (Wildman–Crippen MR) is 95.2 cm³/mol. The van der Waals surface area contributed by atoms with Crippen LogP contribution in [0, 0.1) is 34.5 Å². The van der Waals surface area contributed by atoms with E-state index in [0.717, 1.165) is 25.7 Å². The van der Waals surface area contributed by atoms with Gasteiger partial charge < -0.3 is 14.2 Å². The summed E-state index contributed by atoms with van der Waals surface area (Å²) in [5.41, 5.74) is -0.0363. The second kappa shape index (κ2) is 6.21. The molecule has 4 aliphatic carbocycles. The second-order valence-electron chi connectivity index (χ2n) is 8.21. The number of carbonyl (C=O) groups is 3. The van der Waals surface area contributed by atoms with Crippen molar-refractivity contribution in [2.75, 3.05) is 21.3 Å². The Kier molecular flexibility index (Phi) is 4.20. The Labute approximate surface area is 158 Å². The van der Waals surface area contributed by atoms with Gasteiger partial charge in [0.15, 0.2) is 5.41 Å². The van der Waals surface area contributed by atoms with Gasteiger partial charge in [-0.05, 0) is 55.8 Å². The van der Waals surface area contributed by atoms with Gasteiger partial charge in [0.05, 0.1) is 21.3 Å². The van der Waals surface area contributed by atoms with Gasteiger partial charge in [-0.15, -0.1) is 0 Å². The Morgan fingerprint density at radius 1 is 1.00 bits per heavy atom. The Morgan fingerprint density at radius 3 is 2.30 bits per heavy atom. The van der Waals surface area contributed by atoms with Crippen LogP contribution in [0.5, 0.6) is 0 Å². The van der Waals surface area contributed by atoms with Crippen molar-refractivity contribution in [1.82, 2.24) is 0 Å². The maximum absolute atomic E-state index is 12.8. The molecule has 0 saturated heterocycles. The number of carbonyl (C=O) groups excluding carboxylic acids is 3. The molecule has 6 heteroatoms. The van der Waals surface area contributed by atoms with Gasteiger partial charge in [-0.3, -0.25) is 9.59 Å². The lowest BCUT2D eigenvalue weighted by Gasteiger charge is -2.31. The van der Waals surface area contributed by atoms with E-state index in [1.807, 2.05) is 6.08 Å². The maximum atomic E-state index is 12.8. The van der Waals surface area contributed by atoms with Crippen LogP contribution in [-0.4, -0.2) is 39.2 Å². The molecule has 0 aromatic carbocycles. The van der Waals surface area contributed by atoms with Gasteiger partial charge in [-0.2, -0.15) is 0 Å². The van der Waals surface area contributed by atoms with E-state index in [1.54, 1.807) is 0 Å². The molecule has 3 fully saturated rings. The van der Waals surface area contributed by atoms with Gasteiger partial charge in [-0.1, -0.05) is 17.7 Å². The molecule has 0 spiro atoms. The highest BCUT2D eigenvalue weighted by molar-refractivity contribution is 6.01. The Morgan fingerprint density at radius 2 is 1.67 bits per heavy atom. The van der Waals surface area contributed by atoms with Gasteiger partial charge >= 0.3 is 17.9 Å². The van der Waals surface area contributed by atoms with Gasteiger partial charge in [0.2, 0.25) is 0 Å². The van der Waals surface area contributed by atoms with Gasteiger partial charge in [-0.25, -0.2) is 4.79 Å². The monoisotopic (exact) mass is 374 g/mol. The van der Waals surface area contributed by atoms with Crippen molar-refractivity contribution in [3.05, 3.63) is 23.8 Å². The highest BCUT2D eigenvalue weighted by Crippen LogP contribution is 2.85. The summed E-state index contributed by atoms with van der Waals surface area (Å²) in [7, 11) is 4.05. The molecular weight excluding hydrogens is 348 g/mol. The lowest BCUT2D eigenvalue weighted by Crippen LogP contribution is -2.45. The first-order valence-electron chi connectivity index (χ1n) is 9.60. The van der Waals surface area contributed by atoms with Crippen LogP contribution in [0.4, 0.5) is 0 Å². The topological polar surface area (TPSA) is 78.9 Å². The molecule has 0 bridgehead atoms. The van der Waals surface area contributed by atoms with Crippen molar-refractivity contribution in [2.24, 2.45) is 34.5 Å². The third kappa shape index (κ3) is 2.21. The van der Waals surface area contributed by atoms with E-state index in [9.17, 15) is 14.4 Å². The standard InChI is InChI=1S/C21H26O6/c1-25-16(22)10-7-12-5-4-6-13(12)20-11-21(18(23)26-2,19(24)27-3)15-9-8-14(20)17(15)20/h6-7,10,12,14-15,17H,4-5,8-9,11H2,1-3H3/b10-7+/t12-,14?,15-,17?,20-/m0/s1. The van der Waals surface area contributed by atoms with E-state index in [-0.39, 0.29) is 23.2 Å². The molecule has 3 saturated carbocycles. The fraction of sp³-hybridized carbons (Fsp3) is 0.667. The number of esters is 3. The minimum atomic E-state index is -1.19. The van der Waals surface area contributed by atoms with Crippen LogP contribution >= 0.6 is 0 Å². The molecule has 5 atom stereocenters. The van der Waals surface area contributed by atoms with E-state index in [0.29, 0.717) is 18.3 Å². The van der Waals surface area contributed by atoms with Crippen molar-refractivity contribution < 1.29 is 28.6 Å². The molecular formula is C21H26O6. The third-order valence-electron chi connectivity index (χ3n) is 7.55. The van der Waals surface area contributed by atoms with E-state index in [1.165, 1.54) is 33.0 Å². The summed E-state index contributed by atoms with van der Waals surface area (Å²) in [4.78, 5) is 37.1. The zero-order valence-corrected chi connectivity index (χ0v) is 16.0. The maximum Gasteiger partial charge on any atom is 0.330 e. The first-order chi connectivity index (χ1) is 13.0. The summed E-state index contributed by atoms with van der Waals surface area (Å²) >= 11 is 0. The summed E-state index contributed by atoms with van der Waals surface area (Å²) in [5, 5.41) is 0. The molecule has 2 unspecified atom stereocenters. The quantitative estimate of drug-likeness (QED) is 0.242. The SMILES string of the molecule is COC(=O)/C=C/[C@@H]1CCC=C1[C@@]12CC(C(=O)OC)(C(=O)OC)[C@H]3CCC1C32. The molecule has 0 amide bonds. The highest BCUT2D eigenvalue weighted by atomic mass is 16.5. The molecule has 146 valence electrons. The first-order valence-corrected chi connectivity index (χ1v) is 9.60. The largest absolute Gasteiger partial charge is 0.468 e. The average Bonchev–Trinajstić information content (AvgIpc) is 3.11. The van der Waals surface area contributed by atoms with E-state index in [4.69, 9.17) is 14.2 Å². The number of allylic oxidation sites excluding steroid dienone is 3. The summed E-state index contributed by atoms with van der Waals surface area (Å²) in [6, 6.07) is 0. The fourth-order valence-corrected chi connectivity index (χ4v) is 6.69. The third-order valence-corrected chi connectivity index (χ3v) is 7.55. The van der Waals surface area contributed by atoms with Crippen molar-refractivity contribution in [1.29, 1.82) is 0 Å². The number of rotatable bonds is 5. The van der Waals surface area contributed by atoms with Crippen molar-refractivity contribution >= 4 is 17.9 Å². The van der Waals surface area contributed by atoms with Crippen LogP contribution in [0.2, 0.25) is 0 Å². The lowest BCUT2D eigenvalue weighted by molar-refractivity contribution is -0.173. The van der Waals surface area contributed by atoms with Crippen molar-refractivity contribution in [3.8, 4) is 0 Å². The van der Waals surface area contributed by atoms with Crippen molar-refractivity contribution in [2.45, 2.75) is 32.1 Å². The number of hydrogen-bond acceptors (Lipinski definition) is 6. The molecule has 6 nitrogen and oxygen atoms in total. The summed E-state index contributed by atoms with van der Waals surface area (Å²) in [6.45, 7) is 0.